The van der Waals surface area contributed by atoms with Gasteiger partial charge in [-0.25, -0.2) is 9.97 Å². The van der Waals surface area contributed by atoms with Crippen LogP contribution in [-0.4, -0.2) is 27.6 Å². The minimum absolute atomic E-state index is 0.0594. The second-order valence-corrected chi connectivity index (χ2v) is 5.26. The molecular formula is C18H18N4O2. The summed E-state index contributed by atoms with van der Waals surface area (Å²) in [5, 5.41) is 2.86. The third-order valence-electron chi connectivity index (χ3n) is 3.57. The van der Waals surface area contributed by atoms with E-state index in [2.05, 4.69) is 15.3 Å². The van der Waals surface area contributed by atoms with E-state index in [9.17, 15) is 4.79 Å². The Morgan fingerprint density at radius 1 is 1.17 bits per heavy atom. The van der Waals surface area contributed by atoms with Gasteiger partial charge in [0.05, 0.1) is 25.0 Å². The number of rotatable bonds is 6. The maximum atomic E-state index is 11.9. The first-order valence-corrected chi connectivity index (χ1v) is 7.57. The van der Waals surface area contributed by atoms with Crippen LogP contribution < -0.4 is 10.1 Å². The molecule has 1 amide bonds. The summed E-state index contributed by atoms with van der Waals surface area (Å²) in [5.41, 5.74) is 2.54. The Labute approximate surface area is 140 Å². The lowest BCUT2D eigenvalue weighted by molar-refractivity contribution is -0.121. The smallest absolute Gasteiger partial charge is 0.240 e. The lowest BCUT2D eigenvalue weighted by Gasteiger charge is -2.07. The van der Waals surface area contributed by atoms with Crippen LogP contribution in [-0.2, 0) is 17.9 Å². The van der Waals surface area contributed by atoms with E-state index in [1.165, 1.54) is 6.33 Å². The highest BCUT2D eigenvalue weighted by atomic mass is 16.5. The lowest BCUT2D eigenvalue weighted by Crippen LogP contribution is -2.27. The molecule has 1 aromatic carbocycles. The van der Waals surface area contributed by atoms with Crippen LogP contribution in [0.4, 0.5) is 0 Å². The summed E-state index contributed by atoms with van der Waals surface area (Å²) in [4.78, 5) is 20.4. The quantitative estimate of drug-likeness (QED) is 0.756. The molecule has 0 saturated carbocycles. The van der Waals surface area contributed by atoms with Gasteiger partial charge in [0.15, 0.2) is 0 Å². The molecule has 0 radical (unpaired) electrons. The SMILES string of the molecule is COc1ccc(-c2cc(CNC(=O)Cn3cccc3)ncn2)cc1. The van der Waals surface area contributed by atoms with E-state index in [4.69, 9.17) is 4.74 Å². The minimum Gasteiger partial charge on any atom is -0.497 e. The predicted molar refractivity (Wildman–Crippen MR) is 90.3 cm³/mol. The number of methoxy groups -OCH3 is 1. The monoisotopic (exact) mass is 322 g/mol. The Morgan fingerprint density at radius 3 is 2.62 bits per heavy atom. The molecule has 0 aliphatic rings. The van der Waals surface area contributed by atoms with Crippen molar-refractivity contribution in [3.63, 3.8) is 0 Å². The zero-order chi connectivity index (χ0) is 16.8. The second-order valence-electron chi connectivity index (χ2n) is 5.26. The van der Waals surface area contributed by atoms with Crippen molar-refractivity contribution in [1.82, 2.24) is 19.9 Å². The normalized spacial score (nSPS) is 10.4. The van der Waals surface area contributed by atoms with Crippen molar-refractivity contribution in [2.24, 2.45) is 0 Å². The zero-order valence-electron chi connectivity index (χ0n) is 13.3. The van der Waals surface area contributed by atoms with Gasteiger partial charge in [-0.15, -0.1) is 0 Å². The third kappa shape index (κ3) is 3.98. The average Bonchev–Trinajstić information content (AvgIpc) is 3.13. The molecule has 6 heteroatoms. The average molecular weight is 322 g/mol. The number of amides is 1. The fraction of sp³-hybridized carbons (Fsp3) is 0.167. The maximum Gasteiger partial charge on any atom is 0.240 e. The molecule has 2 heterocycles. The summed E-state index contributed by atoms with van der Waals surface area (Å²) >= 11 is 0. The highest BCUT2D eigenvalue weighted by Crippen LogP contribution is 2.20. The molecule has 3 aromatic rings. The summed E-state index contributed by atoms with van der Waals surface area (Å²) < 4.78 is 6.97. The first-order chi connectivity index (χ1) is 11.7. The molecule has 0 unspecified atom stereocenters. The van der Waals surface area contributed by atoms with Crippen LogP contribution in [0.15, 0.2) is 61.2 Å². The first kappa shape index (κ1) is 15.7. The fourth-order valence-corrected chi connectivity index (χ4v) is 2.30. The highest BCUT2D eigenvalue weighted by molar-refractivity contribution is 5.75. The Balaban J connectivity index is 1.63. The van der Waals surface area contributed by atoms with Crippen LogP contribution in [0.2, 0.25) is 0 Å². The van der Waals surface area contributed by atoms with E-state index in [1.54, 1.807) is 7.11 Å². The van der Waals surface area contributed by atoms with Crippen molar-refractivity contribution in [3.8, 4) is 17.0 Å². The summed E-state index contributed by atoms with van der Waals surface area (Å²) in [6.07, 6.45) is 5.21. The number of benzene rings is 1. The van der Waals surface area contributed by atoms with Gasteiger partial charge in [-0.3, -0.25) is 4.79 Å². The number of hydrogen-bond acceptors (Lipinski definition) is 4. The fourth-order valence-electron chi connectivity index (χ4n) is 2.30. The van der Waals surface area contributed by atoms with Crippen molar-refractivity contribution in [2.45, 2.75) is 13.1 Å². The number of hydrogen-bond donors (Lipinski definition) is 1. The molecule has 2 aromatic heterocycles. The molecule has 0 atom stereocenters. The molecule has 1 N–H and O–H groups in total. The van der Waals surface area contributed by atoms with E-state index in [0.29, 0.717) is 13.1 Å². The van der Waals surface area contributed by atoms with Gasteiger partial charge < -0.3 is 14.6 Å². The van der Waals surface area contributed by atoms with E-state index in [1.807, 2.05) is 59.4 Å². The standard InChI is InChI=1S/C18H18N4O2/c1-24-16-6-4-14(5-7-16)17-10-15(20-13-21-17)11-19-18(23)12-22-8-2-3-9-22/h2-10,13H,11-12H2,1H3,(H,19,23). The van der Waals surface area contributed by atoms with Gasteiger partial charge in [0.2, 0.25) is 5.91 Å². The first-order valence-electron chi connectivity index (χ1n) is 7.57. The molecule has 6 nitrogen and oxygen atoms in total. The predicted octanol–water partition coefficient (Wildman–Crippen LogP) is 2.27. The van der Waals surface area contributed by atoms with Crippen LogP contribution in [0, 0.1) is 0 Å². The van der Waals surface area contributed by atoms with Gasteiger partial charge >= 0.3 is 0 Å². The third-order valence-corrected chi connectivity index (χ3v) is 3.57. The van der Waals surface area contributed by atoms with E-state index in [0.717, 1.165) is 22.7 Å². The van der Waals surface area contributed by atoms with Crippen molar-refractivity contribution in [3.05, 3.63) is 66.9 Å². The number of aromatic nitrogens is 3. The maximum absolute atomic E-state index is 11.9. The second kappa shape index (κ2) is 7.41. The molecule has 0 aliphatic heterocycles. The van der Waals surface area contributed by atoms with Gasteiger partial charge in [0, 0.05) is 18.0 Å². The summed E-state index contributed by atoms with van der Waals surface area (Å²) in [6.45, 7) is 0.662. The van der Waals surface area contributed by atoms with Crippen LogP contribution in [0.25, 0.3) is 11.3 Å². The Morgan fingerprint density at radius 2 is 1.92 bits per heavy atom. The Kier molecular flexibility index (Phi) is 4.86. The van der Waals surface area contributed by atoms with Crippen LogP contribution in [0.1, 0.15) is 5.69 Å². The summed E-state index contributed by atoms with van der Waals surface area (Å²) in [5.74, 6) is 0.737. The molecule has 24 heavy (non-hydrogen) atoms. The molecule has 0 bridgehead atoms. The zero-order valence-corrected chi connectivity index (χ0v) is 13.3. The van der Waals surface area contributed by atoms with Crippen molar-refractivity contribution < 1.29 is 9.53 Å². The molecule has 0 saturated heterocycles. The Bertz CT molecular complexity index is 798. The molecular weight excluding hydrogens is 304 g/mol. The molecule has 3 rings (SSSR count). The van der Waals surface area contributed by atoms with Crippen molar-refractivity contribution >= 4 is 5.91 Å². The molecule has 0 aliphatic carbocycles. The number of nitrogens with one attached hydrogen (secondary N) is 1. The molecule has 122 valence electrons. The van der Waals surface area contributed by atoms with Crippen molar-refractivity contribution in [2.75, 3.05) is 7.11 Å². The van der Waals surface area contributed by atoms with Crippen molar-refractivity contribution in [1.29, 1.82) is 0 Å². The van der Waals surface area contributed by atoms with Gasteiger partial charge in [0.25, 0.3) is 0 Å². The van der Waals surface area contributed by atoms with Crippen LogP contribution in [0.5, 0.6) is 5.75 Å². The van der Waals surface area contributed by atoms with Crippen LogP contribution in [0.3, 0.4) is 0 Å². The highest BCUT2D eigenvalue weighted by Gasteiger charge is 2.05. The molecule has 0 spiro atoms. The van der Waals surface area contributed by atoms with Crippen LogP contribution >= 0.6 is 0 Å². The largest absolute Gasteiger partial charge is 0.497 e. The number of carbonyl (C=O) groups is 1. The summed E-state index contributed by atoms with van der Waals surface area (Å²) in [7, 11) is 1.63. The number of ether oxygens (including phenoxy) is 1. The van der Waals surface area contributed by atoms with Gasteiger partial charge in [-0.05, 0) is 42.5 Å². The number of nitrogens with zero attached hydrogens (tertiary/aromatic N) is 3. The molecule has 0 fully saturated rings. The van der Waals surface area contributed by atoms with Gasteiger partial charge in [-0.1, -0.05) is 0 Å². The van der Waals surface area contributed by atoms with E-state index in [-0.39, 0.29) is 5.91 Å². The summed E-state index contributed by atoms with van der Waals surface area (Å²) in [6, 6.07) is 13.3. The lowest BCUT2D eigenvalue weighted by atomic mass is 10.1. The van der Waals surface area contributed by atoms with Gasteiger partial charge in [-0.2, -0.15) is 0 Å². The topological polar surface area (TPSA) is 69.0 Å². The Hall–Kier alpha value is -3.15. The van der Waals surface area contributed by atoms with E-state index < -0.39 is 0 Å². The minimum atomic E-state index is -0.0594. The van der Waals surface area contributed by atoms with E-state index >= 15 is 0 Å². The van der Waals surface area contributed by atoms with Gasteiger partial charge in [0.1, 0.15) is 18.6 Å². The number of carbonyl (C=O) groups excluding carboxylic acids is 1.